The fourth-order valence-corrected chi connectivity index (χ4v) is 4.13. The van der Waals surface area contributed by atoms with Crippen molar-refractivity contribution in [3.63, 3.8) is 0 Å². The average Bonchev–Trinajstić information content (AvgIpc) is 2.63. The molecular weight excluding hydrogens is 362 g/mol. The Balaban J connectivity index is 1.76. The number of ether oxygens (including phenoxy) is 1. The molecule has 1 aliphatic heterocycles. The SMILES string of the molecule is CC1=CC(=O)C(CCC(=O)c2cc(Cl)cc(N3CCOCC3)c2C)C(C)=C1. The second kappa shape index (κ2) is 8.41. The molecule has 1 aromatic carbocycles. The van der Waals surface area contributed by atoms with Crippen molar-refractivity contribution in [1.29, 1.82) is 0 Å². The predicted molar refractivity (Wildman–Crippen MR) is 109 cm³/mol. The van der Waals surface area contributed by atoms with Crippen LogP contribution < -0.4 is 4.90 Å². The standard InChI is InChI=1S/C22H26ClNO3/c1-14-10-15(2)18(22(26)11-14)4-5-21(25)19-12-17(23)13-20(16(19)3)24-6-8-27-9-7-24/h10-13,18H,4-9H2,1-3H3. The van der Waals surface area contributed by atoms with Crippen molar-refractivity contribution in [1.82, 2.24) is 0 Å². The van der Waals surface area contributed by atoms with Crippen LogP contribution in [0.3, 0.4) is 0 Å². The van der Waals surface area contributed by atoms with E-state index in [9.17, 15) is 9.59 Å². The number of benzene rings is 1. The van der Waals surface area contributed by atoms with E-state index in [1.807, 2.05) is 32.9 Å². The lowest BCUT2D eigenvalue weighted by molar-refractivity contribution is -0.117. The first kappa shape index (κ1) is 19.8. The number of allylic oxidation sites excluding steroid dienone is 4. The van der Waals surface area contributed by atoms with Crippen LogP contribution >= 0.6 is 11.6 Å². The lowest BCUT2D eigenvalue weighted by Crippen LogP contribution is -2.36. The molecule has 1 fully saturated rings. The lowest BCUT2D eigenvalue weighted by atomic mass is 9.84. The molecule has 0 spiro atoms. The van der Waals surface area contributed by atoms with E-state index < -0.39 is 0 Å². The summed E-state index contributed by atoms with van der Waals surface area (Å²) in [6.45, 7) is 8.80. The summed E-state index contributed by atoms with van der Waals surface area (Å²) in [6.07, 6.45) is 4.56. The summed E-state index contributed by atoms with van der Waals surface area (Å²) in [7, 11) is 0. The molecule has 1 atom stereocenters. The Morgan fingerprint density at radius 1 is 1.19 bits per heavy atom. The van der Waals surface area contributed by atoms with Crippen molar-refractivity contribution in [2.75, 3.05) is 31.2 Å². The fraction of sp³-hybridized carbons (Fsp3) is 0.455. The molecule has 0 bridgehead atoms. The molecule has 0 aromatic heterocycles. The van der Waals surface area contributed by atoms with Gasteiger partial charge in [0.2, 0.25) is 0 Å². The van der Waals surface area contributed by atoms with Gasteiger partial charge in [0.15, 0.2) is 11.6 Å². The van der Waals surface area contributed by atoms with Crippen LogP contribution in [0.25, 0.3) is 0 Å². The highest BCUT2D eigenvalue weighted by Crippen LogP contribution is 2.31. The van der Waals surface area contributed by atoms with E-state index in [4.69, 9.17) is 16.3 Å². The predicted octanol–water partition coefficient (Wildman–Crippen LogP) is 4.54. The molecule has 0 amide bonds. The Morgan fingerprint density at radius 3 is 2.56 bits per heavy atom. The molecule has 0 N–H and O–H groups in total. The number of carbonyl (C=O) groups is 2. The van der Waals surface area contributed by atoms with Gasteiger partial charge in [0.05, 0.1) is 13.2 Å². The molecule has 2 aliphatic rings. The van der Waals surface area contributed by atoms with Crippen LogP contribution in [-0.2, 0) is 9.53 Å². The van der Waals surface area contributed by atoms with Gasteiger partial charge in [0.1, 0.15) is 0 Å². The Hall–Kier alpha value is -1.91. The van der Waals surface area contributed by atoms with Gasteiger partial charge in [-0.1, -0.05) is 23.3 Å². The van der Waals surface area contributed by atoms with Gasteiger partial charge in [0, 0.05) is 41.7 Å². The number of hydrogen-bond acceptors (Lipinski definition) is 4. The third kappa shape index (κ3) is 4.50. The number of rotatable bonds is 5. The molecule has 1 saturated heterocycles. The summed E-state index contributed by atoms with van der Waals surface area (Å²) in [4.78, 5) is 27.4. The number of Topliss-reactive ketones (excluding diaryl/α,β-unsaturated/α-hetero) is 1. The number of hydrogen-bond donors (Lipinski definition) is 0. The smallest absolute Gasteiger partial charge is 0.163 e. The Labute approximate surface area is 165 Å². The summed E-state index contributed by atoms with van der Waals surface area (Å²) < 4.78 is 5.42. The summed E-state index contributed by atoms with van der Waals surface area (Å²) >= 11 is 6.32. The molecule has 0 radical (unpaired) electrons. The van der Waals surface area contributed by atoms with Crippen molar-refractivity contribution in [2.45, 2.75) is 33.6 Å². The van der Waals surface area contributed by atoms with Crippen molar-refractivity contribution in [3.8, 4) is 0 Å². The highest BCUT2D eigenvalue weighted by Gasteiger charge is 2.24. The minimum absolute atomic E-state index is 0.0383. The molecule has 0 saturated carbocycles. The quantitative estimate of drug-likeness (QED) is 0.696. The maximum Gasteiger partial charge on any atom is 0.163 e. The largest absolute Gasteiger partial charge is 0.378 e. The highest BCUT2D eigenvalue weighted by atomic mass is 35.5. The van der Waals surface area contributed by atoms with E-state index in [1.54, 1.807) is 12.1 Å². The molecule has 1 heterocycles. The van der Waals surface area contributed by atoms with E-state index in [0.717, 1.165) is 35.5 Å². The van der Waals surface area contributed by atoms with Gasteiger partial charge in [-0.2, -0.15) is 0 Å². The molecule has 1 unspecified atom stereocenters. The molecule has 1 aliphatic carbocycles. The third-order valence-corrected chi connectivity index (χ3v) is 5.59. The first-order chi connectivity index (χ1) is 12.9. The minimum Gasteiger partial charge on any atom is -0.378 e. The van der Waals surface area contributed by atoms with Crippen LogP contribution in [-0.4, -0.2) is 37.9 Å². The van der Waals surface area contributed by atoms with Crippen LogP contribution in [0.2, 0.25) is 5.02 Å². The summed E-state index contributed by atoms with van der Waals surface area (Å²) in [5, 5.41) is 0.564. The highest BCUT2D eigenvalue weighted by molar-refractivity contribution is 6.31. The monoisotopic (exact) mass is 387 g/mol. The summed E-state index contributed by atoms with van der Waals surface area (Å²) in [6, 6.07) is 3.67. The maximum absolute atomic E-state index is 12.9. The number of halogens is 1. The van der Waals surface area contributed by atoms with Gasteiger partial charge >= 0.3 is 0 Å². The average molecular weight is 388 g/mol. The normalized spacial score (nSPS) is 20.4. The topological polar surface area (TPSA) is 46.6 Å². The number of nitrogens with zero attached hydrogens (tertiary/aromatic N) is 1. The molecule has 5 heteroatoms. The maximum atomic E-state index is 12.9. The zero-order chi connectivity index (χ0) is 19.6. The van der Waals surface area contributed by atoms with Gasteiger partial charge in [0.25, 0.3) is 0 Å². The first-order valence-corrected chi connectivity index (χ1v) is 9.81. The first-order valence-electron chi connectivity index (χ1n) is 9.43. The van der Waals surface area contributed by atoms with Crippen LogP contribution in [0.1, 0.15) is 42.6 Å². The van der Waals surface area contributed by atoms with Crippen LogP contribution in [0, 0.1) is 12.8 Å². The summed E-state index contributed by atoms with van der Waals surface area (Å²) in [5.74, 6) is -0.0654. The van der Waals surface area contributed by atoms with Gasteiger partial charge in [-0.15, -0.1) is 0 Å². The van der Waals surface area contributed by atoms with Crippen LogP contribution in [0.4, 0.5) is 5.69 Å². The number of anilines is 1. The van der Waals surface area contributed by atoms with E-state index in [-0.39, 0.29) is 17.5 Å². The Morgan fingerprint density at radius 2 is 1.89 bits per heavy atom. The number of morpholine rings is 1. The van der Waals surface area contributed by atoms with Gasteiger partial charge in [-0.05, 0) is 56.5 Å². The molecule has 27 heavy (non-hydrogen) atoms. The molecule has 144 valence electrons. The van der Waals surface area contributed by atoms with E-state index in [1.165, 1.54) is 0 Å². The van der Waals surface area contributed by atoms with Crippen LogP contribution in [0.5, 0.6) is 0 Å². The lowest BCUT2D eigenvalue weighted by Gasteiger charge is -2.31. The van der Waals surface area contributed by atoms with Crippen molar-refractivity contribution < 1.29 is 14.3 Å². The minimum atomic E-state index is -0.198. The molecule has 1 aromatic rings. The summed E-state index contributed by atoms with van der Waals surface area (Å²) in [5.41, 5.74) is 4.60. The van der Waals surface area contributed by atoms with Crippen LogP contribution in [0.15, 0.2) is 35.4 Å². The van der Waals surface area contributed by atoms with Crippen molar-refractivity contribution >= 4 is 28.9 Å². The third-order valence-electron chi connectivity index (χ3n) is 5.38. The molecule has 4 nitrogen and oxygen atoms in total. The second-order valence-electron chi connectivity index (χ2n) is 7.39. The van der Waals surface area contributed by atoms with Gasteiger partial charge in [-0.25, -0.2) is 0 Å². The zero-order valence-electron chi connectivity index (χ0n) is 16.2. The van der Waals surface area contributed by atoms with Gasteiger partial charge in [-0.3, -0.25) is 9.59 Å². The number of ketones is 2. The number of carbonyl (C=O) groups excluding carboxylic acids is 2. The van der Waals surface area contributed by atoms with E-state index >= 15 is 0 Å². The fourth-order valence-electron chi connectivity index (χ4n) is 3.92. The van der Waals surface area contributed by atoms with Crippen molar-refractivity contribution in [2.24, 2.45) is 5.92 Å². The van der Waals surface area contributed by atoms with E-state index in [2.05, 4.69) is 4.90 Å². The Kier molecular flexibility index (Phi) is 6.18. The zero-order valence-corrected chi connectivity index (χ0v) is 16.9. The van der Waals surface area contributed by atoms with E-state index in [0.29, 0.717) is 36.6 Å². The van der Waals surface area contributed by atoms with Gasteiger partial charge < -0.3 is 9.64 Å². The molecule has 3 rings (SSSR count). The molecular formula is C22H26ClNO3. The Bertz CT molecular complexity index is 819. The van der Waals surface area contributed by atoms with Crippen molar-refractivity contribution in [3.05, 3.63) is 51.6 Å². The second-order valence-corrected chi connectivity index (χ2v) is 7.83.